The van der Waals surface area contributed by atoms with Gasteiger partial charge in [0.1, 0.15) is 11.2 Å². The molecule has 0 atom stereocenters. The zero-order valence-corrected chi connectivity index (χ0v) is 45.9. The highest BCUT2D eigenvalue weighted by molar-refractivity contribution is 6.30. The van der Waals surface area contributed by atoms with E-state index in [0.717, 1.165) is 122 Å². The van der Waals surface area contributed by atoms with Gasteiger partial charge in [-0.2, -0.15) is 0 Å². The lowest BCUT2D eigenvalue weighted by Crippen LogP contribution is -2.14. The molecule has 4 heteroatoms. The van der Waals surface area contributed by atoms with Gasteiger partial charge in [0.05, 0.1) is 34.1 Å². The highest BCUT2D eigenvalue weighted by Crippen LogP contribution is 2.53. The summed E-state index contributed by atoms with van der Waals surface area (Å²) in [5.41, 5.74) is 21.1. The number of fused-ring (bicyclic) bond motifs is 8. The lowest BCUT2D eigenvalue weighted by molar-refractivity contribution is 0.670. The third-order valence-corrected chi connectivity index (χ3v) is 17.0. The molecule has 386 valence electrons. The van der Waals surface area contributed by atoms with Gasteiger partial charge >= 0.3 is 0 Å². The van der Waals surface area contributed by atoms with Crippen LogP contribution in [-0.4, -0.2) is 0 Å². The van der Waals surface area contributed by atoms with E-state index in [1.54, 1.807) is 0 Å². The van der Waals surface area contributed by atoms with E-state index < -0.39 is 0 Å². The Bertz CT molecular complexity index is 5040. The van der Waals surface area contributed by atoms with Crippen LogP contribution < -0.4 is 9.80 Å². The van der Waals surface area contributed by atoms with E-state index in [2.05, 4.69) is 275 Å². The van der Waals surface area contributed by atoms with Crippen LogP contribution >= 0.6 is 0 Å². The first kappa shape index (κ1) is 48.0. The molecule has 15 rings (SSSR count). The minimum Gasteiger partial charge on any atom is -0.453 e. The number of rotatable bonds is 10. The molecular weight excluding hydrogens is 985 g/mol. The lowest BCUT2D eigenvalue weighted by Gasteiger charge is -2.31. The Morgan fingerprint density at radius 2 is 0.790 bits per heavy atom. The van der Waals surface area contributed by atoms with E-state index in [-0.39, 0.29) is 0 Å². The second kappa shape index (κ2) is 18.8. The van der Waals surface area contributed by atoms with Crippen molar-refractivity contribution in [3.05, 3.63) is 271 Å². The van der Waals surface area contributed by atoms with Crippen molar-refractivity contribution in [3.63, 3.8) is 0 Å². The summed E-state index contributed by atoms with van der Waals surface area (Å²) in [4.78, 5) is 4.94. The molecule has 0 amide bonds. The van der Waals surface area contributed by atoms with Crippen molar-refractivity contribution in [2.75, 3.05) is 9.80 Å². The SMILES string of the molecule is C=C/C=C\c1cc(-c2ccccc2)c2oc3c(N(c4c(C)cccc4C)c4ccc5ccc6c(N(c7c(C)cccc7C)c7cccc8c7oc7c(-c9ccccc9)cc9ccccc9c78)ccc7ccc4c5c76)cccc3c2c1C. The molecule has 2 aromatic heterocycles. The van der Waals surface area contributed by atoms with E-state index >= 15 is 0 Å². The zero-order valence-electron chi connectivity index (χ0n) is 45.9. The van der Waals surface area contributed by atoms with Crippen LogP contribution in [0.4, 0.5) is 34.1 Å². The second-order valence-electron chi connectivity index (χ2n) is 21.8. The Hall–Kier alpha value is -10.2. The summed E-state index contributed by atoms with van der Waals surface area (Å²) in [6, 6.07) is 79.6. The molecule has 0 saturated heterocycles. The van der Waals surface area contributed by atoms with Crippen molar-refractivity contribution in [1.82, 2.24) is 0 Å². The fraction of sp³-hybridized carbons (Fsp3) is 0.0649. The minimum atomic E-state index is 0.834. The molecule has 15 aromatic rings. The average Bonchev–Trinajstić information content (AvgIpc) is 3.17. The monoisotopic (exact) mass is 1040 g/mol. The Morgan fingerprint density at radius 3 is 1.32 bits per heavy atom. The van der Waals surface area contributed by atoms with Gasteiger partial charge in [0.2, 0.25) is 0 Å². The largest absolute Gasteiger partial charge is 0.453 e. The average molecular weight is 1040 g/mol. The van der Waals surface area contributed by atoms with Crippen LogP contribution in [0.25, 0.3) is 115 Å². The van der Waals surface area contributed by atoms with E-state index in [1.165, 1.54) is 54.6 Å². The maximum atomic E-state index is 7.40. The molecule has 0 saturated carbocycles. The summed E-state index contributed by atoms with van der Waals surface area (Å²) >= 11 is 0. The Balaban J connectivity index is 0.998. The quantitative estimate of drug-likeness (QED) is 0.101. The minimum absolute atomic E-state index is 0.834. The van der Waals surface area contributed by atoms with E-state index in [9.17, 15) is 0 Å². The van der Waals surface area contributed by atoms with E-state index in [4.69, 9.17) is 8.83 Å². The summed E-state index contributed by atoms with van der Waals surface area (Å²) in [5.74, 6) is 0. The van der Waals surface area contributed by atoms with Crippen LogP contribution in [0.3, 0.4) is 0 Å². The number of allylic oxidation sites excluding steroid dienone is 2. The molecule has 0 N–H and O–H groups in total. The molecule has 0 unspecified atom stereocenters. The Morgan fingerprint density at radius 1 is 0.346 bits per heavy atom. The first-order chi connectivity index (χ1) is 39.7. The summed E-state index contributed by atoms with van der Waals surface area (Å²) in [7, 11) is 0. The molecule has 0 aliphatic carbocycles. The number of para-hydroxylation sites is 4. The first-order valence-electron chi connectivity index (χ1n) is 27.9. The summed E-state index contributed by atoms with van der Waals surface area (Å²) in [5, 5.41) is 13.8. The van der Waals surface area contributed by atoms with Crippen molar-refractivity contribution < 1.29 is 8.83 Å². The third-order valence-electron chi connectivity index (χ3n) is 17.0. The van der Waals surface area contributed by atoms with Gasteiger partial charge in [-0.05, 0) is 148 Å². The number of anilines is 6. The fourth-order valence-corrected chi connectivity index (χ4v) is 13.4. The fourth-order valence-electron chi connectivity index (χ4n) is 13.4. The van der Waals surface area contributed by atoms with Gasteiger partial charge in [0.25, 0.3) is 0 Å². The number of benzene rings is 13. The van der Waals surface area contributed by atoms with Crippen LogP contribution in [0.5, 0.6) is 0 Å². The molecule has 0 fully saturated rings. The predicted molar refractivity (Wildman–Crippen MR) is 345 cm³/mol. The summed E-state index contributed by atoms with van der Waals surface area (Å²) in [6.45, 7) is 15.1. The van der Waals surface area contributed by atoms with Crippen LogP contribution in [-0.2, 0) is 0 Å². The highest BCUT2D eigenvalue weighted by Gasteiger charge is 2.29. The predicted octanol–water partition coefficient (Wildman–Crippen LogP) is 22.6. The van der Waals surface area contributed by atoms with Crippen molar-refractivity contribution in [1.29, 1.82) is 0 Å². The molecule has 2 heterocycles. The number of nitrogens with zero attached hydrogens (tertiary/aromatic N) is 2. The molecule has 0 radical (unpaired) electrons. The van der Waals surface area contributed by atoms with Gasteiger partial charge in [0, 0.05) is 43.4 Å². The van der Waals surface area contributed by atoms with Gasteiger partial charge in [-0.25, -0.2) is 0 Å². The molecular formula is C77H56N2O2. The number of aryl methyl sites for hydroxylation is 5. The second-order valence-corrected chi connectivity index (χ2v) is 21.8. The molecule has 4 nitrogen and oxygen atoms in total. The maximum absolute atomic E-state index is 7.40. The maximum Gasteiger partial charge on any atom is 0.159 e. The molecule has 0 aliphatic heterocycles. The Kier molecular flexibility index (Phi) is 11.1. The topological polar surface area (TPSA) is 32.8 Å². The van der Waals surface area contributed by atoms with E-state index in [0.29, 0.717) is 0 Å². The molecule has 0 bridgehead atoms. The van der Waals surface area contributed by atoms with Gasteiger partial charge in [0.15, 0.2) is 11.2 Å². The third kappa shape index (κ3) is 7.37. The van der Waals surface area contributed by atoms with Gasteiger partial charge in [-0.15, -0.1) is 0 Å². The van der Waals surface area contributed by atoms with Gasteiger partial charge in [-0.3, -0.25) is 0 Å². The molecule has 81 heavy (non-hydrogen) atoms. The van der Waals surface area contributed by atoms with Crippen LogP contribution in [0.2, 0.25) is 0 Å². The van der Waals surface area contributed by atoms with E-state index in [1.807, 2.05) is 12.2 Å². The van der Waals surface area contributed by atoms with Gasteiger partial charge < -0.3 is 18.6 Å². The number of furan rings is 2. The zero-order chi connectivity index (χ0) is 54.6. The van der Waals surface area contributed by atoms with Gasteiger partial charge in [-0.1, -0.05) is 207 Å². The van der Waals surface area contributed by atoms with Crippen molar-refractivity contribution >= 4 is 127 Å². The van der Waals surface area contributed by atoms with Crippen LogP contribution in [0.15, 0.2) is 246 Å². The summed E-state index contributed by atoms with van der Waals surface area (Å²) < 4.78 is 14.8. The van der Waals surface area contributed by atoms with Crippen molar-refractivity contribution in [2.24, 2.45) is 0 Å². The standard InChI is InChI=1S/C77H56N2O2/c1-7-8-25-55-44-62(51-26-11-9-12-27-51)76-68(50(55)6)60-32-19-34-66(74(60)80-76)78(72-46(2)21-17-22-47(72)3)64-42-38-53-37-41-59-65(43-39-54-36-40-58(64)69(53)70(54)59)79(73-48(4)23-18-24-49(73)5)67-35-20-33-61-71-57-31-16-15-30-56(57)45-63(77(71)81-75(61)67)52-28-13-10-14-29-52/h7-45H,1H2,2-6H3/b25-8-. The van der Waals surface area contributed by atoms with Crippen molar-refractivity contribution in [2.45, 2.75) is 34.6 Å². The van der Waals surface area contributed by atoms with Crippen molar-refractivity contribution in [3.8, 4) is 22.3 Å². The molecule has 13 aromatic carbocycles. The highest BCUT2D eigenvalue weighted by atomic mass is 16.3. The lowest BCUT2D eigenvalue weighted by atomic mass is 9.91. The number of hydrogen-bond acceptors (Lipinski definition) is 4. The van der Waals surface area contributed by atoms with Crippen LogP contribution in [0, 0.1) is 34.6 Å². The first-order valence-corrected chi connectivity index (χ1v) is 27.9. The normalized spacial score (nSPS) is 12.0. The molecule has 0 aliphatic rings. The number of hydrogen-bond donors (Lipinski definition) is 0. The smallest absolute Gasteiger partial charge is 0.159 e. The Labute approximate surface area is 470 Å². The summed E-state index contributed by atoms with van der Waals surface area (Å²) in [6.07, 6.45) is 6.01. The molecule has 0 spiro atoms. The van der Waals surface area contributed by atoms with Crippen LogP contribution in [0.1, 0.15) is 33.4 Å².